The Bertz CT molecular complexity index is 631. The first kappa shape index (κ1) is 23.7. The molecule has 158 valence electrons. The molecule has 0 amide bonds. The van der Waals surface area contributed by atoms with Crippen molar-refractivity contribution < 1.29 is 4.74 Å². The van der Waals surface area contributed by atoms with E-state index in [1.807, 2.05) is 12.1 Å². The zero-order valence-electron chi connectivity index (χ0n) is 17.0. The van der Waals surface area contributed by atoms with Crippen LogP contribution in [0, 0.1) is 0 Å². The molecule has 1 heterocycles. The molecule has 28 heavy (non-hydrogen) atoms. The quantitative estimate of drug-likeness (QED) is 0.312. The fraction of sp³-hybridized carbons (Fsp3) is 0.667. The van der Waals surface area contributed by atoms with Crippen LogP contribution in [-0.2, 0) is 10.2 Å². The molecule has 1 saturated heterocycles. The normalized spacial score (nSPS) is 19.8. The Morgan fingerprint density at radius 1 is 1.32 bits per heavy atom. The molecule has 3 rings (SSSR count). The standard InChI is InChI=1S/C21H33ClN4O.HI/c1-3-23-20(25-19-7-11-26(12-8-19)13-14-27-2)24-16-21(9-10-21)17-5-4-6-18(22)15-17;/h4-6,15,19H,3,7-14,16H2,1-2H3,(H2,23,24,25);1H. The van der Waals surface area contributed by atoms with E-state index in [9.17, 15) is 0 Å². The zero-order valence-corrected chi connectivity index (χ0v) is 20.1. The van der Waals surface area contributed by atoms with Gasteiger partial charge in [-0.3, -0.25) is 4.99 Å². The first-order valence-corrected chi connectivity index (χ1v) is 10.6. The Labute approximate surface area is 191 Å². The Morgan fingerprint density at radius 2 is 2.07 bits per heavy atom. The largest absolute Gasteiger partial charge is 0.383 e. The molecule has 2 fully saturated rings. The van der Waals surface area contributed by atoms with Crippen LogP contribution in [0.15, 0.2) is 29.3 Å². The van der Waals surface area contributed by atoms with Gasteiger partial charge < -0.3 is 20.3 Å². The van der Waals surface area contributed by atoms with Gasteiger partial charge in [-0.05, 0) is 50.3 Å². The molecular weight excluding hydrogens is 487 g/mol. The third kappa shape index (κ3) is 6.75. The third-order valence-electron chi connectivity index (χ3n) is 5.71. The van der Waals surface area contributed by atoms with E-state index in [-0.39, 0.29) is 29.4 Å². The summed E-state index contributed by atoms with van der Waals surface area (Å²) < 4.78 is 5.19. The number of likely N-dealkylation sites (tertiary alicyclic amines) is 1. The molecule has 7 heteroatoms. The van der Waals surface area contributed by atoms with Crippen molar-refractivity contribution in [2.75, 3.05) is 46.4 Å². The van der Waals surface area contributed by atoms with Crippen molar-refractivity contribution in [1.29, 1.82) is 0 Å². The summed E-state index contributed by atoms with van der Waals surface area (Å²) in [5.41, 5.74) is 1.50. The molecule has 0 spiro atoms. The molecule has 0 radical (unpaired) electrons. The minimum Gasteiger partial charge on any atom is -0.383 e. The summed E-state index contributed by atoms with van der Waals surface area (Å²) in [4.78, 5) is 7.41. The van der Waals surface area contributed by atoms with Gasteiger partial charge in [0, 0.05) is 49.8 Å². The number of nitrogens with zero attached hydrogens (tertiary/aromatic N) is 2. The zero-order chi connectivity index (χ0) is 19.1. The van der Waals surface area contributed by atoms with Crippen LogP contribution < -0.4 is 10.6 Å². The monoisotopic (exact) mass is 520 g/mol. The second-order valence-electron chi connectivity index (χ2n) is 7.74. The lowest BCUT2D eigenvalue weighted by Crippen LogP contribution is -2.49. The van der Waals surface area contributed by atoms with Crippen molar-refractivity contribution in [2.45, 2.75) is 44.1 Å². The summed E-state index contributed by atoms with van der Waals surface area (Å²) in [5.74, 6) is 0.946. The summed E-state index contributed by atoms with van der Waals surface area (Å²) >= 11 is 6.19. The topological polar surface area (TPSA) is 48.9 Å². The number of halogens is 2. The van der Waals surface area contributed by atoms with E-state index < -0.39 is 0 Å². The van der Waals surface area contributed by atoms with Crippen molar-refractivity contribution in [3.8, 4) is 0 Å². The van der Waals surface area contributed by atoms with Gasteiger partial charge in [0.2, 0.25) is 0 Å². The predicted octanol–water partition coefficient (Wildman–Crippen LogP) is 3.66. The Kier molecular flexibility index (Phi) is 9.80. The SMILES string of the molecule is CCNC(=NCC1(c2cccc(Cl)c2)CC1)NC1CCN(CCOC)CC1.I. The second-order valence-corrected chi connectivity index (χ2v) is 8.18. The van der Waals surface area contributed by atoms with E-state index in [2.05, 4.69) is 34.6 Å². The predicted molar refractivity (Wildman–Crippen MR) is 128 cm³/mol. The average Bonchev–Trinajstić information content (AvgIpc) is 3.47. The van der Waals surface area contributed by atoms with Gasteiger partial charge in [-0.25, -0.2) is 0 Å². The summed E-state index contributed by atoms with van der Waals surface area (Å²) in [7, 11) is 1.77. The minimum atomic E-state index is 0. The highest BCUT2D eigenvalue weighted by molar-refractivity contribution is 14.0. The van der Waals surface area contributed by atoms with Crippen LogP contribution in [0.25, 0.3) is 0 Å². The van der Waals surface area contributed by atoms with Gasteiger partial charge in [0.25, 0.3) is 0 Å². The number of hydrogen-bond donors (Lipinski definition) is 2. The van der Waals surface area contributed by atoms with Crippen molar-refractivity contribution in [3.05, 3.63) is 34.9 Å². The Hall–Kier alpha value is -0.570. The van der Waals surface area contributed by atoms with Crippen molar-refractivity contribution in [1.82, 2.24) is 15.5 Å². The number of hydrogen-bond acceptors (Lipinski definition) is 3. The molecule has 0 atom stereocenters. The van der Waals surface area contributed by atoms with Gasteiger partial charge in [-0.1, -0.05) is 23.7 Å². The molecule has 5 nitrogen and oxygen atoms in total. The number of ether oxygens (including phenoxy) is 1. The summed E-state index contributed by atoms with van der Waals surface area (Å²) in [6.45, 7) is 7.89. The van der Waals surface area contributed by atoms with Crippen LogP contribution in [0.2, 0.25) is 5.02 Å². The summed E-state index contributed by atoms with van der Waals surface area (Å²) in [6, 6.07) is 8.75. The van der Waals surface area contributed by atoms with Crippen LogP contribution in [0.3, 0.4) is 0 Å². The van der Waals surface area contributed by atoms with Crippen molar-refractivity contribution in [3.63, 3.8) is 0 Å². The van der Waals surface area contributed by atoms with E-state index in [4.69, 9.17) is 21.3 Å². The lowest BCUT2D eigenvalue weighted by Gasteiger charge is -2.33. The van der Waals surface area contributed by atoms with Gasteiger partial charge in [0.05, 0.1) is 13.2 Å². The fourth-order valence-electron chi connectivity index (χ4n) is 3.77. The van der Waals surface area contributed by atoms with Crippen LogP contribution in [0.4, 0.5) is 0 Å². The van der Waals surface area contributed by atoms with E-state index in [1.165, 1.54) is 18.4 Å². The van der Waals surface area contributed by atoms with Gasteiger partial charge in [0.15, 0.2) is 5.96 Å². The van der Waals surface area contributed by atoms with Crippen LogP contribution in [0.1, 0.15) is 38.2 Å². The minimum absolute atomic E-state index is 0. The number of guanidine groups is 1. The maximum atomic E-state index is 6.19. The average molecular weight is 521 g/mol. The Morgan fingerprint density at radius 3 is 2.68 bits per heavy atom. The molecule has 2 aliphatic rings. The van der Waals surface area contributed by atoms with Gasteiger partial charge in [-0.2, -0.15) is 0 Å². The maximum absolute atomic E-state index is 6.19. The first-order valence-electron chi connectivity index (χ1n) is 10.2. The van der Waals surface area contributed by atoms with E-state index in [0.717, 1.165) is 63.2 Å². The van der Waals surface area contributed by atoms with E-state index in [0.29, 0.717) is 6.04 Å². The molecule has 0 aromatic heterocycles. The molecule has 1 aromatic carbocycles. The first-order chi connectivity index (χ1) is 13.1. The highest BCUT2D eigenvalue weighted by Crippen LogP contribution is 2.48. The smallest absolute Gasteiger partial charge is 0.191 e. The van der Waals surface area contributed by atoms with Crippen molar-refractivity contribution in [2.24, 2.45) is 4.99 Å². The second kappa shape index (κ2) is 11.6. The molecule has 0 unspecified atom stereocenters. The number of rotatable bonds is 8. The highest BCUT2D eigenvalue weighted by atomic mass is 127. The Balaban J connectivity index is 0.00000280. The molecular formula is C21H34ClIN4O. The lowest BCUT2D eigenvalue weighted by molar-refractivity contribution is 0.128. The lowest BCUT2D eigenvalue weighted by atomic mass is 9.96. The third-order valence-corrected chi connectivity index (χ3v) is 5.95. The summed E-state index contributed by atoms with van der Waals surface area (Å²) in [6.07, 6.45) is 4.67. The van der Waals surface area contributed by atoms with Crippen LogP contribution in [0.5, 0.6) is 0 Å². The van der Waals surface area contributed by atoms with Crippen LogP contribution >= 0.6 is 35.6 Å². The highest BCUT2D eigenvalue weighted by Gasteiger charge is 2.44. The van der Waals surface area contributed by atoms with E-state index >= 15 is 0 Å². The molecule has 1 aromatic rings. The number of methoxy groups -OCH3 is 1. The molecule has 1 aliphatic carbocycles. The maximum Gasteiger partial charge on any atom is 0.191 e. The number of nitrogens with one attached hydrogen (secondary N) is 2. The number of aliphatic imine (C=N–C) groups is 1. The fourth-order valence-corrected chi connectivity index (χ4v) is 3.96. The number of piperidine rings is 1. The van der Waals surface area contributed by atoms with E-state index in [1.54, 1.807) is 7.11 Å². The van der Waals surface area contributed by atoms with Gasteiger partial charge >= 0.3 is 0 Å². The molecule has 2 N–H and O–H groups in total. The molecule has 0 bridgehead atoms. The van der Waals surface area contributed by atoms with Crippen LogP contribution in [-0.4, -0.2) is 63.3 Å². The van der Waals surface area contributed by atoms with Gasteiger partial charge in [0.1, 0.15) is 0 Å². The number of benzene rings is 1. The molecule has 1 saturated carbocycles. The summed E-state index contributed by atoms with van der Waals surface area (Å²) in [5, 5.41) is 7.88. The molecule has 1 aliphatic heterocycles. The van der Waals surface area contributed by atoms with Gasteiger partial charge in [-0.15, -0.1) is 24.0 Å². The van der Waals surface area contributed by atoms with Crippen molar-refractivity contribution >= 4 is 41.5 Å².